The number of fused-ring (bicyclic) bond motifs is 1. The highest BCUT2D eigenvalue weighted by Gasteiger charge is 2.35. The van der Waals surface area contributed by atoms with E-state index in [9.17, 15) is 4.79 Å². The average Bonchev–Trinajstić information content (AvgIpc) is 3.25. The molecule has 1 aromatic carbocycles. The third-order valence-corrected chi connectivity index (χ3v) is 4.71. The summed E-state index contributed by atoms with van der Waals surface area (Å²) in [7, 11) is 0. The van der Waals surface area contributed by atoms with E-state index in [1.54, 1.807) is 4.68 Å². The number of carbonyl (C=O) groups excluding carboxylic acids is 1. The Morgan fingerprint density at radius 1 is 1.25 bits per heavy atom. The highest BCUT2D eigenvalue weighted by atomic mass is 16.5. The van der Waals surface area contributed by atoms with E-state index >= 15 is 0 Å². The van der Waals surface area contributed by atoms with Crippen LogP contribution in [0.5, 0.6) is 0 Å². The number of anilines is 1. The molecule has 4 rings (SSSR count). The van der Waals surface area contributed by atoms with Crippen LogP contribution in [0.4, 0.5) is 5.95 Å². The Labute approximate surface area is 140 Å². The van der Waals surface area contributed by atoms with Gasteiger partial charge in [-0.1, -0.05) is 30.3 Å². The zero-order chi connectivity index (χ0) is 16.5. The quantitative estimate of drug-likeness (QED) is 0.879. The van der Waals surface area contributed by atoms with E-state index in [0.717, 1.165) is 36.9 Å². The molecule has 6 nitrogen and oxygen atoms in total. The molecule has 1 aliphatic heterocycles. The second kappa shape index (κ2) is 6.11. The molecule has 1 aromatic heterocycles. The minimum Gasteiger partial charge on any atom is -0.459 e. The van der Waals surface area contributed by atoms with Gasteiger partial charge in [-0.3, -0.25) is 0 Å². The van der Waals surface area contributed by atoms with Gasteiger partial charge in [0.25, 0.3) is 0 Å². The Morgan fingerprint density at radius 2 is 2.00 bits per heavy atom. The summed E-state index contributed by atoms with van der Waals surface area (Å²) in [5, 5.41) is 7.48. The number of nitrogens with one attached hydrogen (secondary N) is 1. The molecule has 124 valence electrons. The lowest BCUT2D eigenvalue weighted by Gasteiger charge is -2.28. The molecule has 0 spiro atoms. The fourth-order valence-corrected chi connectivity index (χ4v) is 3.52. The van der Waals surface area contributed by atoms with Gasteiger partial charge < -0.3 is 10.1 Å². The number of rotatable bonds is 3. The maximum absolute atomic E-state index is 12.9. The minimum atomic E-state index is -0.321. The third-order valence-electron chi connectivity index (χ3n) is 4.71. The van der Waals surface area contributed by atoms with Crippen LogP contribution in [0.25, 0.3) is 0 Å². The van der Waals surface area contributed by atoms with E-state index in [0.29, 0.717) is 11.5 Å². The molecule has 1 unspecified atom stereocenters. The SMILES string of the molecule is CC1=C(C(=O)OC2CCCC2)C(c2ccccc2)n2ncnc2N1. The number of nitrogens with zero attached hydrogens (tertiary/aromatic N) is 3. The van der Waals surface area contributed by atoms with Gasteiger partial charge in [-0.25, -0.2) is 9.48 Å². The monoisotopic (exact) mass is 324 g/mol. The van der Waals surface area contributed by atoms with Crippen LogP contribution in [0.3, 0.4) is 0 Å². The number of esters is 1. The lowest BCUT2D eigenvalue weighted by atomic mass is 9.96. The lowest BCUT2D eigenvalue weighted by molar-refractivity contribution is -0.144. The molecule has 0 amide bonds. The Hall–Kier alpha value is -2.63. The van der Waals surface area contributed by atoms with Gasteiger partial charge in [0, 0.05) is 5.70 Å². The van der Waals surface area contributed by atoms with E-state index in [1.165, 1.54) is 6.33 Å². The number of ether oxygens (including phenoxy) is 1. The summed E-state index contributed by atoms with van der Waals surface area (Å²) < 4.78 is 7.51. The fraction of sp³-hybridized carbons (Fsp3) is 0.389. The predicted molar refractivity (Wildman–Crippen MR) is 89.3 cm³/mol. The van der Waals surface area contributed by atoms with E-state index < -0.39 is 0 Å². The average molecular weight is 324 g/mol. The normalized spacial score (nSPS) is 20.6. The first-order valence-corrected chi connectivity index (χ1v) is 8.37. The Balaban J connectivity index is 1.73. The largest absolute Gasteiger partial charge is 0.459 e. The summed E-state index contributed by atoms with van der Waals surface area (Å²) in [6.45, 7) is 1.89. The summed E-state index contributed by atoms with van der Waals surface area (Å²) in [6, 6.07) is 9.56. The highest BCUT2D eigenvalue weighted by Crippen LogP contribution is 2.35. The van der Waals surface area contributed by atoms with Gasteiger partial charge in [-0.15, -0.1) is 0 Å². The molecule has 24 heavy (non-hydrogen) atoms. The Morgan fingerprint density at radius 3 is 2.75 bits per heavy atom. The molecule has 1 aliphatic carbocycles. The van der Waals surface area contributed by atoms with Crippen LogP contribution < -0.4 is 5.32 Å². The van der Waals surface area contributed by atoms with Gasteiger partial charge in [0.2, 0.25) is 5.95 Å². The van der Waals surface area contributed by atoms with Crippen LogP contribution in [0, 0.1) is 0 Å². The van der Waals surface area contributed by atoms with Gasteiger partial charge in [0.1, 0.15) is 18.5 Å². The van der Waals surface area contributed by atoms with E-state index in [4.69, 9.17) is 4.74 Å². The molecule has 6 heteroatoms. The molecular formula is C18H20N4O2. The molecular weight excluding hydrogens is 304 g/mol. The van der Waals surface area contributed by atoms with Crippen molar-refractivity contribution >= 4 is 11.9 Å². The van der Waals surface area contributed by atoms with E-state index in [-0.39, 0.29) is 18.1 Å². The summed E-state index contributed by atoms with van der Waals surface area (Å²) in [5.41, 5.74) is 2.36. The summed E-state index contributed by atoms with van der Waals surface area (Å²) >= 11 is 0. The summed E-state index contributed by atoms with van der Waals surface area (Å²) in [5.74, 6) is 0.376. The third kappa shape index (κ3) is 2.58. The van der Waals surface area contributed by atoms with Crippen molar-refractivity contribution in [2.45, 2.75) is 44.8 Å². The zero-order valence-corrected chi connectivity index (χ0v) is 13.6. The van der Waals surface area contributed by atoms with Gasteiger partial charge in [0.05, 0.1) is 5.57 Å². The maximum atomic E-state index is 12.9. The smallest absolute Gasteiger partial charge is 0.338 e. The molecule has 2 aliphatic rings. The van der Waals surface area contributed by atoms with Crippen molar-refractivity contribution in [2.75, 3.05) is 5.32 Å². The molecule has 1 fully saturated rings. The minimum absolute atomic E-state index is 0.0337. The first-order valence-electron chi connectivity index (χ1n) is 8.37. The van der Waals surface area contributed by atoms with Crippen molar-refractivity contribution in [3.63, 3.8) is 0 Å². The van der Waals surface area contributed by atoms with Crippen molar-refractivity contribution in [2.24, 2.45) is 0 Å². The molecule has 1 N–H and O–H groups in total. The van der Waals surface area contributed by atoms with Gasteiger partial charge in [0.15, 0.2) is 0 Å². The lowest BCUT2D eigenvalue weighted by Crippen LogP contribution is -2.31. The maximum Gasteiger partial charge on any atom is 0.338 e. The molecule has 1 atom stereocenters. The van der Waals surface area contributed by atoms with Gasteiger partial charge >= 0.3 is 5.97 Å². The fourth-order valence-electron chi connectivity index (χ4n) is 3.52. The van der Waals surface area contributed by atoms with Crippen molar-refractivity contribution in [1.29, 1.82) is 0 Å². The molecule has 0 saturated heterocycles. The van der Waals surface area contributed by atoms with Crippen LogP contribution in [-0.4, -0.2) is 26.8 Å². The number of hydrogen-bond acceptors (Lipinski definition) is 5. The van der Waals surface area contributed by atoms with Crippen LogP contribution in [0.1, 0.15) is 44.2 Å². The molecule has 1 saturated carbocycles. The molecule has 0 radical (unpaired) electrons. The van der Waals surface area contributed by atoms with E-state index in [1.807, 2.05) is 37.3 Å². The second-order valence-corrected chi connectivity index (χ2v) is 6.32. The number of aromatic nitrogens is 3. The van der Waals surface area contributed by atoms with E-state index in [2.05, 4.69) is 15.4 Å². The summed E-state index contributed by atoms with van der Waals surface area (Å²) in [6.07, 6.45) is 5.70. The number of benzene rings is 1. The first kappa shape index (κ1) is 14.9. The Kier molecular flexibility index (Phi) is 3.80. The molecule has 0 bridgehead atoms. The Bertz CT molecular complexity index is 775. The predicted octanol–water partition coefficient (Wildman–Crippen LogP) is 3.05. The highest BCUT2D eigenvalue weighted by molar-refractivity contribution is 5.92. The van der Waals surface area contributed by atoms with Crippen LogP contribution >= 0.6 is 0 Å². The molecule has 2 aromatic rings. The van der Waals surface area contributed by atoms with Crippen molar-refractivity contribution in [3.8, 4) is 0 Å². The zero-order valence-electron chi connectivity index (χ0n) is 13.6. The number of allylic oxidation sites excluding steroid dienone is 1. The van der Waals surface area contributed by atoms with Crippen molar-refractivity contribution in [3.05, 3.63) is 53.5 Å². The molecule has 2 heterocycles. The number of carbonyl (C=O) groups is 1. The van der Waals surface area contributed by atoms with Crippen LogP contribution in [0.15, 0.2) is 47.9 Å². The second-order valence-electron chi connectivity index (χ2n) is 6.32. The number of hydrogen-bond donors (Lipinski definition) is 1. The van der Waals surface area contributed by atoms with Crippen LogP contribution in [-0.2, 0) is 9.53 Å². The van der Waals surface area contributed by atoms with Crippen molar-refractivity contribution < 1.29 is 9.53 Å². The first-order chi connectivity index (χ1) is 11.7. The topological polar surface area (TPSA) is 69.0 Å². The summed E-state index contributed by atoms with van der Waals surface area (Å²) in [4.78, 5) is 17.1. The van der Waals surface area contributed by atoms with Gasteiger partial charge in [-0.05, 0) is 38.2 Å². The standard InChI is InChI=1S/C18H20N4O2/c1-12-15(17(23)24-14-9-5-6-10-14)16(13-7-3-2-4-8-13)22-18(21-12)19-11-20-22/h2-4,7-8,11,14,16H,5-6,9-10H2,1H3,(H,19,20,21). The van der Waals surface area contributed by atoms with Crippen molar-refractivity contribution in [1.82, 2.24) is 14.8 Å². The van der Waals surface area contributed by atoms with Crippen LogP contribution in [0.2, 0.25) is 0 Å². The van der Waals surface area contributed by atoms with Gasteiger partial charge in [-0.2, -0.15) is 10.1 Å².